The van der Waals surface area contributed by atoms with Gasteiger partial charge in [-0.25, -0.2) is 0 Å². The zero-order valence-electron chi connectivity index (χ0n) is 17.0. The molecule has 1 saturated heterocycles. The molecule has 0 spiro atoms. The highest BCUT2D eigenvalue weighted by atomic mass is 32.2. The number of thioether (sulfide) groups is 1. The van der Waals surface area contributed by atoms with E-state index >= 15 is 0 Å². The molecule has 7 nitrogen and oxygen atoms in total. The molecular weight excluding hydrogens is 398 g/mol. The number of para-hydroxylation sites is 3. The number of amides is 1. The first kappa shape index (κ1) is 20.3. The predicted molar refractivity (Wildman–Crippen MR) is 120 cm³/mol. The van der Waals surface area contributed by atoms with Crippen LogP contribution in [0.1, 0.15) is 19.3 Å². The molecule has 30 heavy (non-hydrogen) atoms. The summed E-state index contributed by atoms with van der Waals surface area (Å²) in [6.07, 6.45) is 3.52. The third-order valence-corrected chi connectivity index (χ3v) is 5.90. The van der Waals surface area contributed by atoms with Gasteiger partial charge >= 0.3 is 0 Å². The van der Waals surface area contributed by atoms with Crippen LogP contribution in [0.4, 0.5) is 11.6 Å². The first-order valence-corrected chi connectivity index (χ1v) is 11.1. The van der Waals surface area contributed by atoms with E-state index in [1.54, 1.807) is 7.11 Å². The van der Waals surface area contributed by atoms with Crippen LogP contribution in [-0.4, -0.2) is 46.6 Å². The van der Waals surface area contributed by atoms with Crippen molar-refractivity contribution in [1.29, 1.82) is 0 Å². The van der Waals surface area contributed by atoms with Crippen molar-refractivity contribution in [1.82, 2.24) is 14.8 Å². The molecule has 1 amide bonds. The highest BCUT2D eigenvalue weighted by Crippen LogP contribution is 2.32. The van der Waals surface area contributed by atoms with Crippen LogP contribution in [0.3, 0.4) is 0 Å². The van der Waals surface area contributed by atoms with Gasteiger partial charge in [-0.15, -0.1) is 10.2 Å². The van der Waals surface area contributed by atoms with Gasteiger partial charge in [0, 0.05) is 18.8 Å². The smallest absolute Gasteiger partial charge is 0.234 e. The number of methoxy groups -OCH3 is 1. The van der Waals surface area contributed by atoms with E-state index in [-0.39, 0.29) is 11.7 Å². The van der Waals surface area contributed by atoms with Crippen molar-refractivity contribution >= 4 is 29.3 Å². The Hall–Kier alpha value is -3.00. The first-order valence-electron chi connectivity index (χ1n) is 10.1. The molecule has 0 saturated carbocycles. The van der Waals surface area contributed by atoms with E-state index in [4.69, 9.17) is 4.74 Å². The maximum absolute atomic E-state index is 12.4. The van der Waals surface area contributed by atoms with E-state index in [2.05, 4.69) is 20.4 Å². The molecule has 1 aliphatic rings. The average molecular weight is 424 g/mol. The van der Waals surface area contributed by atoms with Crippen molar-refractivity contribution in [2.75, 3.05) is 36.2 Å². The number of ether oxygens (including phenoxy) is 1. The number of carbonyl (C=O) groups excluding carboxylic acids is 1. The van der Waals surface area contributed by atoms with Gasteiger partial charge in [-0.1, -0.05) is 42.1 Å². The highest BCUT2D eigenvalue weighted by molar-refractivity contribution is 7.99. The Balaban J connectivity index is 1.59. The number of anilines is 2. The van der Waals surface area contributed by atoms with E-state index in [0.717, 1.165) is 49.0 Å². The lowest BCUT2D eigenvalue weighted by atomic mass is 10.1. The number of hydrogen-bond donors (Lipinski definition) is 1. The second-order valence-electron chi connectivity index (χ2n) is 7.04. The van der Waals surface area contributed by atoms with Crippen molar-refractivity contribution in [3.05, 3.63) is 54.6 Å². The molecule has 1 N–H and O–H groups in total. The van der Waals surface area contributed by atoms with Crippen molar-refractivity contribution < 1.29 is 9.53 Å². The fraction of sp³-hybridized carbons (Fsp3) is 0.318. The minimum absolute atomic E-state index is 0.0831. The SMILES string of the molecule is COc1ccccc1-n1c(SCC(=O)Nc2ccccc2)nnc1N1CCCCC1. The monoisotopic (exact) mass is 423 g/mol. The maximum atomic E-state index is 12.4. The number of nitrogens with one attached hydrogen (secondary N) is 1. The summed E-state index contributed by atoms with van der Waals surface area (Å²) < 4.78 is 7.59. The van der Waals surface area contributed by atoms with Crippen LogP contribution in [-0.2, 0) is 4.79 Å². The number of nitrogens with zero attached hydrogens (tertiary/aromatic N) is 4. The molecule has 3 aromatic rings. The van der Waals surface area contributed by atoms with Gasteiger partial charge in [0.25, 0.3) is 0 Å². The summed E-state index contributed by atoms with van der Waals surface area (Å²) in [6, 6.07) is 17.3. The zero-order chi connectivity index (χ0) is 20.8. The minimum atomic E-state index is -0.0831. The van der Waals surface area contributed by atoms with E-state index in [1.165, 1.54) is 18.2 Å². The molecular formula is C22H25N5O2S. The molecule has 0 aliphatic carbocycles. The lowest BCUT2D eigenvalue weighted by Gasteiger charge is -2.28. The fourth-order valence-electron chi connectivity index (χ4n) is 3.53. The molecule has 2 heterocycles. The molecule has 1 fully saturated rings. The van der Waals surface area contributed by atoms with Crippen LogP contribution in [0.25, 0.3) is 5.69 Å². The Kier molecular flexibility index (Phi) is 6.53. The van der Waals surface area contributed by atoms with Gasteiger partial charge in [0.2, 0.25) is 11.9 Å². The van der Waals surface area contributed by atoms with Gasteiger partial charge in [0.05, 0.1) is 18.6 Å². The minimum Gasteiger partial charge on any atom is -0.495 e. The van der Waals surface area contributed by atoms with Gasteiger partial charge in [-0.05, 0) is 43.5 Å². The molecule has 1 aromatic heterocycles. The lowest BCUT2D eigenvalue weighted by Crippen LogP contribution is -2.31. The van der Waals surface area contributed by atoms with E-state index in [1.807, 2.05) is 59.2 Å². The number of aromatic nitrogens is 3. The van der Waals surface area contributed by atoms with Crippen LogP contribution in [0, 0.1) is 0 Å². The molecule has 0 bridgehead atoms. The van der Waals surface area contributed by atoms with Crippen LogP contribution < -0.4 is 15.0 Å². The second kappa shape index (κ2) is 9.67. The molecule has 156 valence electrons. The molecule has 1 aliphatic heterocycles. The number of rotatable bonds is 7. The van der Waals surface area contributed by atoms with Crippen molar-refractivity contribution in [2.24, 2.45) is 0 Å². The number of benzene rings is 2. The Bertz CT molecular complexity index is 986. The topological polar surface area (TPSA) is 72.3 Å². The van der Waals surface area contributed by atoms with Gasteiger partial charge in [0.15, 0.2) is 5.16 Å². The molecule has 0 radical (unpaired) electrons. The molecule has 2 aromatic carbocycles. The van der Waals surface area contributed by atoms with Crippen molar-refractivity contribution in [2.45, 2.75) is 24.4 Å². The largest absolute Gasteiger partial charge is 0.495 e. The Morgan fingerprint density at radius 2 is 1.77 bits per heavy atom. The Labute approximate surface area is 180 Å². The quantitative estimate of drug-likeness (QED) is 0.579. The van der Waals surface area contributed by atoms with Gasteiger partial charge in [-0.3, -0.25) is 9.36 Å². The number of hydrogen-bond acceptors (Lipinski definition) is 6. The normalized spacial score (nSPS) is 13.8. The zero-order valence-corrected chi connectivity index (χ0v) is 17.8. The fourth-order valence-corrected chi connectivity index (χ4v) is 4.27. The predicted octanol–water partition coefficient (Wildman–Crippen LogP) is 4.00. The van der Waals surface area contributed by atoms with Crippen molar-refractivity contribution in [3.63, 3.8) is 0 Å². The molecule has 0 unspecified atom stereocenters. The maximum Gasteiger partial charge on any atom is 0.234 e. The Morgan fingerprint density at radius 1 is 1.03 bits per heavy atom. The molecule has 8 heteroatoms. The second-order valence-corrected chi connectivity index (χ2v) is 7.98. The third kappa shape index (κ3) is 4.59. The highest BCUT2D eigenvalue weighted by Gasteiger charge is 2.23. The first-order chi connectivity index (χ1) is 14.8. The number of carbonyl (C=O) groups is 1. The third-order valence-electron chi connectivity index (χ3n) is 4.97. The van der Waals surface area contributed by atoms with Crippen molar-refractivity contribution in [3.8, 4) is 11.4 Å². The van der Waals surface area contributed by atoms with Gasteiger partial charge < -0.3 is 15.0 Å². The molecule has 0 atom stereocenters. The van der Waals surface area contributed by atoms with Crippen LogP contribution >= 0.6 is 11.8 Å². The summed E-state index contributed by atoms with van der Waals surface area (Å²) in [5.41, 5.74) is 1.65. The Morgan fingerprint density at radius 3 is 2.53 bits per heavy atom. The van der Waals surface area contributed by atoms with E-state index in [9.17, 15) is 4.79 Å². The summed E-state index contributed by atoms with van der Waals surface area (Å²) in [7, 11) is 1.66. The van der Waals surface area contributed by atoms with Crippen LogP contribution in [0.2, 0.25) is 0 Å². The lowest BCUT2D eigenvalue weighted by molar-refractivity contribution is -0.113. The summed E-state index contributed by atoms with van der Waals surface area (Å²) in [5.74, 6) is 1.69. The molecule has 4 rings (SSSR count). The average Bonchev–Trinajstić information content (AvgIpc) is 3.22. The standard InChI is InChI=1S/C22H25N5O2S/c1-29-19-13-7-6-12-18(19)27-21(26-14-8-3-9-15-26)24-25-22(27)30-16-20(28)23-17-10-4-2-5-11-17/h2,4-7,10-13H,3,8-9,14-16H2,1H3,(H,23,28). The van der Waals surface area contributed by atoms with Gasteiger partial charge in [-0.2, -0.15) is 0 Å². The van der Waals surface area contributed by atoms with E-state index < -0.39 is 0 Å². The van der Waals surface area contributed by atoms with Crippen LogP contribution in [0.15, 0.2) is 59.8 Å². The van der Waals surface area contributed by atoms with Crippen LogP contribution in [0.5, 0.6) is 5.75 Å². The number of piperidine rings is 1. The van der Waals surface area contributed by atoms with E-state index in [0.29, 0.717) is 5.16 Å². The van der Waals surface area contributed by atoms with Gasteiger partial charge in [0.1, 0.15) is 5.75 Å². The summed E-state index contributed by atoms with van der Waals surface area (Å²) in [5, 5.41) is 12.5. The summed E-state index contributed by atoms with van der Waals surface area (Å²) in [6.45, 7) is 1.90. The summed E-state index contributed by atoms with van der Waals surface area (Å²) in [4.78, 5) is 14.7. The summed E-state index contributed by atoms with van der Waals surface area (Å²) >= 11 is 1.37.